The zero-order chi connectivity index (χ0) is 13.0. The van der Waals surface area contributed by atoms with Crippen LogP contribution in [0.5, 0.6) is 0 Å². The molecular formula is C13H19N5. The van der Waals surface area contributed by atoms with E-state index in [1.807, 2.05) is 0 Å². The van der Waals surface area contributed by atoms with E-state index in [1.165, 1.54) is 36.0 Å². The molecule has 1 aromatic carbocycles. The second kappa shape index (κ2) is 5.53. The van der Waals surface area contributed by atoms with Gasteiger partial charge in [0, 0.05) is 6.54 Å². The number of fused-ring (bicyclic) bond motifs is 1. The Morgan fingerprint density at radius 3 is 2.67 bits per heavy atom. The Bertz CT molecular complexity index is 486. The fraction of sp³-hybridized carbons (Fsp3) is 0.385. The Morgan fingerprint density at radius 1 is 1.11 bits per heavy atom. The SMILES string of the molecule is NC(N)=NC(N)=NCCc1ccc2c(c1)CCC2. The summed E-state index contributed by atoms with van der Waals surface area (Å²) in [6.07, 6.45) is 4.54. The van der Waals surface area contributed by atoms with Crippen LogP contribution < -0.4 is 17.2 Å². The van der Waals surface area contributed by atoms with E-state index in [0.717, 1.165) is 6.42 Å². The predicted octanol–water partition coefficient (Wildman–Crippen LogP) is 0.306. The van der Waals surface area contributed by atoms with Crippen molar-refractivity contribution in [3.05, 3.63) is 34.9 Å². The third-order valence-electron chi connectivity index (χ3n) is 3.08. The molecule has 5 nitrogen and oxygen atoms in total. The highest BCUT2D eigenvalue weighted by Gasteiger charge is 2.10. The van der Waals surface area contributed by atoms with E-state index >= 15 is 0 Å². The quantitative estimate of drug-likeness (QED) is 0.527. The number of hydrogen-bond donors (Lipinski definition) is 3. The van der Waals surface area contributed by atoms with Crippen LogP contribution in [0.1, 0.15) is 23.1 Å². The van der Waals surface area contributed by atoms with E-state index in [2.05, 4.69) is 28.2 Å². The minimum absolute atomic E-state index is 0.0613. The molecule has 0 amide bonds. The molecule has 0 heterocycles. The van der Waals surface area contributed by atoms with Gasteiger partial charge in [-0.3, -0.25) is 4.99 Å². The Hall–Kier alpha value is -2.04. The zero-order valence-corrected chi connectivity index (χ0v) is 10.4. The summed E-state index contributed by atoms with van der Waals surface area (Å²) in [5, 5.41) is 0. The van der Waals surface area contributed by atoms with Crippen LogP contribution in [0.3, 0.4) is 0 Å². The summed E-state index contributed by atoms with van der Waals surface area (Å²) in [4.78, 5) is 7.77. The van der Waals surface area contributed by atoms with Gasteiger partial charge >= 0.3 is 0 Å². The fourth-order valence-corrected chi connectivity index (χ4v) is 2.25. The zero-order valence-electron chi connectivity index (χ0n) is 10.4. The molecule has 1 aliphatic carbocycles. The van der Waals surface area contributed by atoms with Crippen molar-refractivity contribution in [2.24, 2.45) is 27.2 Å². The van der Waals surface area contributed by atoms with Crippen molar-refractivity contribution in [3.8, 4) is 0 Å². The van der Waals surface area contributed by atoms with Gasteiger partial charge in [0.05, 0.1) is 0 Å². The van der Waals surface area contributed by atoms with Gasteiger partial charge in [-0.1, -0.05) is 18.2 Å². The van der Waals surface area contributed by atoms with Crippen molar-refractivity contribution in [1.82, 2.24) is 0 Å². The van der Waals surface area contributed by atoms with Gasteiger partial charge in [-0.15, -0.1) is 0 Å². The normalized spacial score (nSPS) is 14.3. The molecule has 18 heavy (non-hydrogen) atoms. The van der Waals surface area contributed by atoms with Crippen molar-refractivity contribution in [1.29, 1.82) is 0 Å². The summed E-state index contributed by atoms with van der Waals surface area (Å²) in [6.45, 7) is 0.599. The second-order valence-electron chi connectivity index (χ2n) is 4.48. The average Bonchev–Trinajstić information content (AvgIpc) is 2.75. The lowest BCUT2D eigenvalue weighted by Gasteiger charge is -2.03. The van der Waals surface area contributed by atoms with Crippen LogP contribution in [-0.4, -0.2) is 18.5 Å². The molecule has 1 aliphatic rings. The number of nitrogens with two attached hydrogens (primary N) is 3. The van der Waals surface area contributed by atoms with Gasteiger partial charge in [0.15, 0.2) is 5.96 Å². The molecular weight excluding hydrogens is 226 g/mol. The van der Waals surface area contributed by atoms with Gasteiger partial charge in [0.1, 0.15) is 0 Å². The summed E-state index contributed by atoms with van der Waals surface area (Å²) in [5.74, 6) is 0.0740. The van der Waals surface area contributed by atoms with Gasteiger partial charge in [0.25, 0.3) is 0 Å². The Morgan fingerprint density at radius 2 is 1.89 bits per heavy atom. The highest BCUT2D eigenvalue weighted by Crippen LogP contribution is 2.22. The van der Waals surface area contributed by atoms with Gasteiger partial charge in [0.2, 0.25) is 5.96 Å². The third-order valence-corrected chi connectivity index (χ3v) is 3.08. The molecule has 0 bridgehead atoms. The van der Waals surface area contributed by atoms with Crippen molar-refractivity contribution in [2.45, 2.75) is 25.7 Å². The summed E-state index contributed by atoms with van der Waals surface area (Å²) in [5.41, 5.74) is 20.2. The van der Waals surface area contributed by atoms with E-state index in [1.54, 1.807) is 0 Å². The van der Waals surface area contributed by atoms with E-state index in [0.29, 0.717) is 6.54 Å². The predicted molar refractivity (Wildman–Crippen MR) is 74.5 cm³/mol. The smallest absolute Gasteiger partial charge is 0.218 e. The molecule has 0 spiro atoms. The fourth-order valence-electron chi connectivity index (χ4n) is 2.25. The van der Waals surface area contributed by atoms with Gasteiger partial charge in [-0.25, -0.2) is 0 Å². The molecule has 2 rings (SSSR count). The minimum atomic E-state index is -0.0613. The summed E-state index contributed by atoms with van der Waals surface area (Å²) >= 11 is 0. The molecule has 0 saturated carbocycles. The largest absolute Gasteiger partial charge is 0.370 e. The molecule has 0 aliphatic heterocycles. The van der Waals surface area contributed by atoms with Crippen molar-refractivity contribution >= 4 is 11.9 Å². The topological polar surface area (TPSA) is 103 Å². The van der Waals surface area contributed by atoms with Crippen molar-refractivity contribution in [2.75, 3.05) is 6.54 Å². The summed E-state index contributed by atoms with van der Waals surface area (Å²) < 4.78 is 0. The molecule has 0 aromatic heterocycles. The van der Waals surface area contributed by atoms with Gasteiger partial charge in [-0.2, -0.15) is 4.99 Å². The number of rotatable bonds is 3. The second-order valence-corrected chi connectivity index (χ2v) is 4.48. The molecule has 0 saturated heterocycles. The maximum absolute atomic E-state index is 5.53. The van der Waals surface area contributed by atoms with Crippen LogP contribution >= 0.6 is 0 Å². The summed E-state index contributed by atoms with van der Waals surface area (Å²) in [6, 6.07) is 6.66. The Kier molecular flexibility index (Phi) is 3.82. The van der Waals surface area contributed by atoms with Crippen LogP contribution in [0.15, 0.2) is 28.2 Å². The standard InChI is InChI=1S/C13H19N5/c14-12(15)18-13(16)17-7-6-9-4-5-10-2-1-3-11(10)8-9/h4-5,8H,1-3,6-7H2,(H6,14,15,16,17,18). The lowest BCUT2D eigenvalue weighted by molar-refractivity contribution is 0.910. The van der Waals surface area contributed by atoms with E-state index in [9.17, 15) is 0 Å². The highest BCUT2D eigenvalue weighted by molar-refractivity contribution is 5.92. The van der Waals surface area contributed by atoms with Crippen LogP contribution in [0, 0.1) is 0 Å². The summed E-state index contributed by atoms with van der Waals surface area (Å²) in [7, 11) is 0. The molecule has 0 atom stereocenters. The minimum Gasteiger partial charge on any atom is -0.370 e. The molecule has 5 heteroatoms. The van der Waals surface area contributed by atoms with E-state index in [-0.39, 0.29) is 11.9 Å². The molecule has 96 valence electrons. The van der Waals surface area contributed by atoms with Crippen LogP contribution in [-0.2, 0) is 19.3 Å². The van der Waals surface area contributed by atoms with E-state index < -0.39 is 0 Å². The first-order chi connectivity index (χ1) is 8.65. The van der Waals surface area contributed by atoms with Gasteiger partial charge < -0.3 is 17.2 Å². The number of benzene rings is 1. The van der Waals surface area contributed by atoms with E-state index in [4.69, 9.17) is 17.2 Å². The monoisotopic (exact) mass is 245 g/mol. The third kappa shape index (κ3) is 3.23. The Balaban J connectivity index is 1.93. The molecule has 6 N–H and O–H groups in total. The van der Waals surface area contributed by atoms with Crippen molar-refractivity contribution in [3.63, 3.8) is 0 Å². The lowest BCUT2D eigenvalue weighted by Crippen LogP contribution is -2.26. The Labute approximate surface area is 107 Å². The molecule has 0 unspecified atom stereocenters. The highest BCUT2D eigenvalue weighted by atomic mass is 15.1. The molecule has 0 fully saturated rings. The average molecular weight is 245 g/mol. The van der Waals surface area contributed by atoms with Crippen molar-refractivity contribution < 1.29 is 0 Å². The van der Waals surface area contributed by atoms with Crippen LogP contribution in [0.25, 0.3) is 0 Å². The molecule has 1 aromatic rings. The lowest BCUT2D eigenvalue weighted by atomic mass is 10.0. The molecule has 0 radical (unpaired) electrons. The number of aliphatic imine (C=N–C) groups is 2. The number of hydrogen-bond acceptors (Lipinski definition) is 1. The first kappa shape index (κ1) is 12.4. The van der Waals surface area contributed by atoms with Crippen LogP contribution in [0.4, 0.5) is 0 Å². The first-order valence-corrected chi connectivity index (χ1v) is 6.15. The number of nitrogens with zero attached hydrogens (tertiary/aromatic N) is 2. The number of aryl methyl sites for hydroxylation is 2. The maximum atomic E-state index is 5.53. The van der Waals surface area contributed by atoms with Crippen LogP contribution in [0.2, 0.25) is 0 Å². The first-order valence-electron chi connectivity index (χ1n) is 6.15. The van der Waals surface area contributed by atoms with Gasteiger partial charge in [-0.05, 0) is 42.4 Å². The maximum Gasteiger partial charge on any atom is 0.218 e. The number of guanidine groups is 2.